The summed E-state index contributed by atoms with van der Waals surface area (Å²) >= 11 is 1.41. The van der Waals surface area contributed by atoms with Crippen LogP contribution in [0.3, 0.4) is 0 Å². The molecule has 0 bridgehead atoms. The first-order valence-electron chi connectivity index (χ1n) is 8.59. The van der Waals surface area contributed by atoms with Crippen LogP contribution < -0.4 is 9.64 Å². The molecule has 0 saturated heterocycles. The molecule has 0 fully saturated rings. The Balaban J connectivity index is 1.66. The zero-order valence-corrected chi connectivity index (χ0v) is 15.9. The Labute approximate surface area is 166 Å². The highest BCUT2D eigenvalue weighted by molar-refractivity contribution is 7.14. The molecule has 4 rings (SSSR count). The Morgan fingerprint density at radius 3 is 2.71 bits per heavy atom. The van der Waals surface area contributed by atoms with Crippen molar-refractivity contribution in [3.8, 4) is 17.0 Å². The van der Waals surface area contributed by atoms with Gasteiger partial charge in [-0.2, -0.15) is 0 Å². The average Bonchev–Trinajstić information content (AvgIpc) is 3.44. The average molecular weight is 391 g/mol. The number of pyridine rings is 1. The van der Waals surface area contributed by atoms with Crippen LogP contribution >= 0.6 is 11.3 Å². The molecular formula is C21H17N3O3S. The fourth-order valence-corrected chi connectivity index (χ4v) is 3.54. The lowest BCUT2D eigenvalue weighted by Crippen LogP contribution is -2.30. The zero-order chi connectivity index (χ0) is 19.3. The molecule has 0 aliphatic heterocycles. The largest absolute Gasteiger partial charge is 0.497 e. The van der Waals surface area contributed by atoms with E-state index >= 15 is 0 Å². The number of benzene rings is 1. The van der Waals surface area contributed by atoms with E-state index in [1.165, 1.54) is 11.3 Å². The van der Waals surface area contributed by atoms with Crippen molar-refractivity contribution in [1.82, 2.24) is 9.97 Å². The third kappa shape index (κ3) is 3.79. The summed E-state index contributed by atoms with van der Waals surface area (Å²) in [5, 5.41) is 2.53. The summed E-state index contributed by atoms with van der Waals surface area (Å²) < 4.78 is 10.6. The number of carbonyl (C=O) groups is 1. The molecule has 7 heteroatoms. The van der Waals surface area contributed by atoms with Crippen molar-refractivity contribution < 1.29 is 13.9 Å². The molecule has 3 heterocycles. The second kappa shape index (κ2) is 8.06. The molecule has 6 nitrogen and oxygen atoms in total. The Kier molecular flexibility index (Phi) is 5.16. The fraction of sp³-hybridized carbons (Fsp3) is 0.0952. The van der Waals surface area contributed by atoms with E-state index in [0.717, 1.165) is 17.0 Å². The van der Waals surface area contributed by atoms with E-state index in [2.05, 4.69) is 9.97 Å². The number of aromatic nitrogens is 2. The number of methoxy groups -OCH3 is 1. The number of hydrogen-bond donors (Lipinski definition) is 0. The topological polar surface area (TPSA) is 68.5 Å². The lowest BCUT2D eigenvalue weighted by atomic mass is 10.2. The van der Waals surface area contributed by atoms with Crippen molar-refractivity contribution >= 4 is 22.4 Å². The first-order chi connectivity index (χ1) is 13.7. The van der Waals surface area contributed by atoms with Crippen LogP contribution in [0.25, 0.3) is 11.3 Å². The van der Waals surface area contributed by atoms with Gasteiger partial charge in [0.2, 0.25) is 0 Å². The van der Waals surface area contributed by atoms with Crippen molar-refractivity contribution in [2.24, 2.45) is 0 Å². The van der Waals surface area contributed by atoms with Crippen molar-refractivity contribution in [2.45, 2.75) is 6.54 Å². The summed E-state index contributed by atoms with van der Waals surface area (Å²) in [5.74, 6) is 1.28. The predicted molar refractivity (Wildman–Crippen MR) is 108 cm³/mol. The predicted octanol–water partition coefficient (Wildman–Crippen LogP) is 4.65. The van der Waals surface area contributed by atoms with E-state index in [-0.39, 0.29) is 12.5 Å². The normalized spacial score (nSPS) is 10.6. The molecular weight excluding hydrogens is 374 g/mol. The maximum absolute atomic E-state index is 13.1. The van der Waals surface area contributed by atoms with Gasteiger partial charge in [-0.25, -0.2) is 4.98 Å². The molecule has 1 aromatic carbocycles. The van der Waals surface area contributed by atoms with Gasteiger partial charge in [0.25, 0.3) is 5.91 Å². The van der Waals surface area contributed by atoms with E-state index in [0.29, 0.717) is 16.5 Å². The van der Waals surface area contributed by atoms with E-state index < -0.39 is 0 Å². The monoisotopic (exact) mass is 391 g/mol. The van der Waals surface area contributed by atoms with Gasteiger partial charge in [0.05, 0.1) is 31.2 Å². The van der Waals surface area contributed by atoms with Crippen LogP contribution in [0.15, 0.2) is 77.0 Å². The maximum atomic E-state index is 13.1. The lowest BCUT2D eigenvalue weighted by molar-refractivity contribution is 0.0983. The Bertz CT molecular complexity index is 1040. The molecule has 4 aromatic rings. The van der Waals surface area contributed by atoms with Crippen molar-refractivity contribution in [3.63, 3.8) is 0 Å². The van der Waals surface area contributed by atoms with Gasteiger partial charge in [-0.05, 0) is 48.5 Å². The third-order valence-corrected chi connectivity index (χ3v) is 5.02. The van der Waals surface area contributed by atoms with Crippen LogP contribution in [0.2, 0.25) is 0 Å². The standard InChI is InChI=1S/C21H17N3O3S/c1-26-17-8-6-15(7-9-17)19-14-28-21(23-19)24(13-18-5-3-11-27-18)20(25)16-4-2-10-22-12-16/h2-12,14H,13H2,1H3. The summed E-state index contributed by atoms with van der Waals surface area (Å²) in [6.45, 7) is 0.288. The number of nitrogens with zero attached hydrogens (tertiary/aromatic N) is 3. The van der Waals surface area contributed by atoms with Gasteiger partial charge in [0.1, 0.15) is 11.5 Å². The van der Waals surface area contributed by atoms with Crippen molar-refractivity contribution in [3.05, 3.63) is 83.9 Å². The van der Waals surface area contributed by atoms with Crippen LogP contribution in [0, 0.1) is 0 Å². The fourth-order valence-electron chi connectivity index (χ4n) is 2.71. The molecule has 0 N–H and O–H groups in total. The van der Waals surface area contributed by atoms with E-state index in [9.17, 15) is 4.79 Å². The number of rotatable bonds is 6. The number of amides is 1. The van der Waals surface area contributed by atoms with Crippen molar-refractivity contribution in [2.75, 3.05) is 12.0 Å². The smallest absolute Gasteiger partial charge is 0.262 e. The molecule has 0 aliphatic carbocycles. The number of ether oxygens (including phenoxy) is 1. The number of furan rings is 1. The third-order valence-electron chi connectivity index (χ3n) is 4.16. The maximum Gasteiger partial charge on any atom is 0.262 e. The lowest BCUT2D eigenvalue weighted by Gasteiger charge is -2.18. The summed E-state index contributed by atoms with van der Waals surface area (Å²) in [6.07, 6.45) is 4.78. The molecule has 3 aromatic heterocycles. The quantitative estimate of drug-likeness (QED) is 0.478. The molecule has 0 saturated carbocycles. The molecule has 0 unspecified atom stereocenters. The van der Waals surface area contributed by atoms with Crippen LogP contribution in [-0.2, 0) is 6.54 Å². The molecule has 0 aliphatic rings. The second-order valence-electron chi connectivity index (χ2n) is 5.96. The second-order valence-corrected chi connectivity index (χ2v) is 6.79. The minimum Gasteiger partial charge on any atom is -0.497 e. The van der Waals surface area contributed by atoms with Gasteiger partial charge < -0.3 is 9.15 Å². The summed E-state index contributed by atoms with van der Waals surface area (Å²) in [5.41, 5.74) is 2.25. The number of carbonyl (C=O) groups excluding carboxylic acids is 1. The molecule has 0 spiro atoms. The highest BCUT2D eigenvalue weighted by Gasteiger charge is 2.22. The summed E-state index contributed by atoms with van der Waals surface area (Å²) in [7, 11) is 1.63. The molecule has 140 valence electrons. The first-order valence-corrected chi connectivity index (χ1v) is 9.47. The van der Waals surface area contributed by atoms with Crippen molar-refractivity contribution in [1.29, 1.82) is 0 Å². The molecule has 1 amide bonds. The highest BCUT2D eigenvalue weighted by Crippen LogP contribution is 2.30. The summed E-state index contributed by atoms with van der Waals surface area (Å²) in [4.78, 5) is 23.4. The minimum atomic E-state index is -0.180. The van der Waals surface area contributed by atoms with Crippen LogP contribution in [-0.4, -0.2) is 23.0 Å². The Morgan fingerprint density at radius 2 is 2.04 bits per heavy atom. The van der Waals surface area contributed by atoms with Gasteiger partial charge in [-0.3, -0.25) is 14.7 Å². The molecule has 28 heavy (non-hydrogen) atoms. The summed E-state index contributed by atoms with van der Waals surface area (Å²) in [6, 6.07) is 14.8. The minimum absolute atomic E-state index is 0.180. The number of thiazole rings is 1. The SMILES string of the molecule is COc1ccc(-c2csc(N(Cc3ccco3)C(=O)c3cccnc3)n2)cc1. The molecule has 0 radical (unpaired) electrons. The Hall–Kier alpha value is -3.45. The van der Waals surface area contributed by atoms with Gasteiger partial charge in [-0.15, -0.1) is 11.3 Å². The Morgan fingerprint density at radius 1 is 1.18 bits per heavy atom. The van der Waals surface area contributed by atoms with Gasteiger partial charge >= 0.3 is 0 Å². The van der Waals surface area contributed by atoms with E-state index in [1.54, 1.807) is 48.9 Å². The number of anilines is 1. The van der Waals surface area contributed by atoms with E-state index in [1.807, 2.05) is 35.7 Å². The van der Waals surface area contributed by atoms with Crippen LogP contribution in [0.5, 0.6) is 5.75 Å². The first kappa shape index (κ1) is 17.9. The zero-order valence-electron chi connectivity index (χ0n) is 15.1. The van der Waals surface area contributed by atoms with Gasteiger partial charge in [0.15, 0.2) is 5.13 Å². The highest BCUT2D eigenvalue weighted by atomic mass is 32.1. The van der Waals surface area contributed by atoms with Gasteiger partial charge in [-0.1, -0.05) is 0 Å². The number of hydrogen-bond acceptors (Lipinski definition) is 6. The van der Waals surface area contributed by atoms with Crippen LogP contribution in [0.1, 0.15) is 16.1 Å². The van der Waals surface area contributed by atoms with E-state index in [4.69, 9.17) is 9.15 Å². The van der Waals surface area contributed by atoms with Crippen LogP contribution in [0.4, 0.5) is 5.13 Å². The van der Waals surface area contributed by atoms with Gasteiger partial charge in [0, 0.05) is 23.3 Å². The molecule has 0 atom stereocenters.